The summed E-state index contributed by atoms with van der Waals surface area (Å²) in [5.74, 6) is 0. The summed E-state index contributed by atoms with van der Waals surface area (Å²) in [4.78, 5) is 14.5. The van der Waals surface area contributed by atoms with Crippen molar-refractivity contribution in [1.82, 2.24) is 4.90 Å². The molecule has 1 aromatic carbocycles. The predicted molar refractivity (Wildman–Crippen MR) is 81.6 cm³/mol. The fourth-order valence-corrected chi connectivity index (χ4v) is 2.74. The third-order valence-corrected chi connectivity index (χ3v) is 4.13. The van der Waals surface area contributed by atoms with Crippen LogP contribution in [0, 0.1) is 21.4 Å². The molecule has 0 atom stereocenters. The van der Waals surface area contributed by atoms with Gasteiger partial charge in [0, 0.05) is 38.3 Å². The van der Waals surface area contributed by atoms with Gasteiger partial charge in [-0.2, -0.15) is 5.26 Å². The highest BCUT2D eigenvalue weighted by atomic mass is 35.5. The van der Waals surface area contributed by atoms with Crippen molar-refractivity contribution >= 4 is 23.0 Å². The topological polar surface area (TPSA) is 73.4 Å². The van der Waals surface area contributed by atoms with Crippen LogP contribution in [0.4, 0.5) is 11.4 Å². The van der Waals surface area contributed by atoms with E-state index in [9.17, 15) is 10.1 Å². The van der Waals surface area contributed by atoms with Gasteiger partial charge in [-0.25, -0.2) is 0 Å². The average Bonchev–Trinajstić information content (AvgIpc) is 2.47. The number of nitro groups is 1. The minimum absolute atomic E-state index is 0.00648. The zero-order chi connectivity index (χ0) is 15.6. The second-order valence-corrected chi connectivity index (χ2v) is 5.94. The lowest BCUT2D eigenvalue weighted by molar-refractivity contribution is -0.384. The minimum Gasteiger partial charge on any atom is -0.368 e. The summed E-state index contributed by atoms with van der Waals surface area (Å²) in [5.41, 5.74) is 0.315. The van der Waals surface area contributed by atoms with Crippen molar-refractivity contribution in [2.75, 3.05) is 31.1 Å². The Labute approximate surface area is 128 Å². The maximum atomic E-state index is 10.7. The van der Waals surface area contributed by atoms with Crippen LogP contribution in [0.25, 0.3) is 0 Å². The highest BCUT2D eigenvalue weighted by molar-refractivity contribution is 6.33. The van der Waals surface area contributed by atoms with Gasteiger partial charge in [-0.3, -0.25) is 15.0 Å². The normalized spacial score (nSPS) is 16.6. The van der Waals surface area contributed by atoms with E-state index in [1.165, 1.54) is 12.1 Å². The van der Waals surface area contributed by atoms with E-state index >= 15 is 0 Å². The molecule has 0 unspecified atom stereocenters. The lowest BCUT2D eigenvalue weighted by Gasteiger charge is -2.41. The van der Waals surface area contributed by atoms with Gasteiger partial charge >= 0.3 is 0 Å². The zero-order valence-electron chi connectivity index (χ0n) is 12.0. The fraction of sp³-hybridized carbons (Fsp3) is 0.500. The van der Waals surface area contributed by atoms with Crippen molar-refractivity contribution in [1.29, 1.82) is 5.26 Å². The quantitative estimate of drug-likeness (QED) is 0.634. The van der Waals surface area contributed by atoms with E-state index < -0.39 is 10.5 Å². The first-order valence-corrected chi connectivity index (χ1v) is 7.08. The first-order chi connectivity index (χ1) is 9.85. The van der Waals surface area contributed by atoms with Crippen molar-refractivity contribution in [2.45, 2.75) is 19.4 Å². The summed E-state index contributed by atoms with van der Waals surface area (Å²) in [6.07, 6.45) is 0. The summed E-state index contributed by atoms with van der Waals surface area (Å²) < 4.78 is 0. The molecule has 1 aliphatic heterocycles. The number of rotatable bonds is 3. The highest BCUT2D eigenvalue weighted by Crippen LogP contribution is 2.31. The molecular weight excluding hydrogens is 292 g/mol. The first-order valence-electron chi connectivity index (χ1n) is 6.70. The van der Waals surface area contributed by atoms with Crippen LogP contribution in [-0.2, 0) is 0 Å². The van der Waals surface area contributed by atoms with Crippen molar-refractivity contribution in [3.05, 3.63) is 33.3 Å². The van der Waals surface area contributed by atoms with Gasteiger partial charge in [-0.15, -0.1) is 0 Å². The lowest BCUT2D eigenvalue weighted by atomic mass is 10.0. The molecule has 0 aromatic heterocycles. The summed E-state index contributed by atoms with van der Waals surface area (Å²) in [6, 6.07) is 6.83. The predicted octanol–water partition coefficient (Wildman–Crippen LogP) is 2.67. The molecule has 0 N–H and O–H groups in total. The Morgan fingerprint density at radius 2 is 1.95 bits per heavy atom. The van der Waals surface area contributed by atoms with Gasteiger partial charge in [0.1, 0.15) is 5.54 Å². The Kier molecular flexibility index (Phi) is 4.35. The Morgan fingerprint density at radius 3 is 2.43 bits per heavy atom. The van der Waals surface area contributed by atoms with Gasteiger partial charge in [0.25, 0.3) is 5.69 Å². The van der Waals surface area contributed by atoms with Crippen LogP contribution in [0.1, 0.15) is 13.8 Å². The fourth-order valence-electron chi connectivity index (χ4n) is 2.44. The number of anilines is 1. The molecule has 1 heterocycles. The van der Waals surface area contributed by atoms with Gasteiger partial charge in [0.05, 0.1) is 21.7 Å². The SMILES string of the molecule is CC(C)(C#N)N1CCN(c2ccc([N+](=O)[O-])cc2Cl)CC1. The molecule has 21 heavy (non-hydrogen) atoms. The van der Waals surface area contributed by atoms with E-state index in [1.54, 1.807) is 6.07 Å². The molecule has 1 aromatic rings. The molecule has 0 aliphatic carbocycles. The van der Waals surface area contributed by atoms with Crippen molar-refractivity contribution < 1.29 is 4.92 Å². The second-order valence-electron chi connectivity index (χ2n) is 5.54. The summed E-state index contributed by atoms with van der Waals surface area (Å²) >= 11 is 6.15. The number of nitrogens with zero attached hydrogens (tertiary/aromatic N) is 4. The number of non-ortho nitro benzene ring substituents is 1. The number of piperazine rings is 1. The van der Waals surface area contributed by atoms with E-state index in [1.807, 2.05) is 13.8 Å². The smallest absolute Gasteiger partial charge is 0.271 e. The molecule has 0 bridgehead atoms. The highest BCUT2D eigenvalue weighted by Gasteiger charge is 2.30. The molecule has 1 saturated heterocycles. The van der Waals surface area contributed by atoms with E-state index in [0.29, 0.717) is 5.02 Å². The summed E-state index contributed by atoms with van der Waals surface area (Å²) in [5, 5.41) is 20.3. The monoisotopic (exact) mass is 308 g/mol. The third kappa shape index (κ3) is 3.26. The molecular formula is C14H17ClN4O2. The molecule has 6 nitrogen and oxygen atoms in total. The molecule has 1 fully saturated rings. The number of nitriles is 1. The number of hydrogen-bond acceptors (Lipinski definition) is 5. The molecule has 2 rings (SSSR count). The van der Waals surface area contributed by atoms with Gasteiger partial charge in [0.2, 0.25) is 0 Å². The molecule has 0 radical (unpaired) electrons. The molecule has 0 amide bonds. The first kappa shape index (κ1) is 15.5. The Morgan fingerprint density at radius 1 is 1.33 bits per heavy atom. The number of hydrogen-bond donors (Lipinski definition) is 0. The van der Waals surface area contributed by atoms with Gasteiger partial charge in [0.15, 0.2) is 0 Å². The van der Waals surface area contributed by atoms with E-state index in [4.69, 9.17) is 16.9 Å². The lowest BCUT2D eigenvalue weighted by Crippen LogP contribution is -2.54. The van der Waals surface area contributed by atoms with Gasteiger partial charge < -0.3 is 4.90 Å². The van der Waals surface area contributed by atoms with Crippen LogP contribution < -0.4 is 4.90 Å². The molecule has 7 heteroatoms. The molecule has 112 valence electrons. The largest absolute Gasteiger partial charge is 0.368 e. The van der Waals surface area contributed by atoms with Crippen LogP contribution in [0.15, 0.2) is 18.2 Å². The maximum absolute atomic E-state index is 10.7. The minimum atomic E-state index is -0.481. The van der Waals surface area contributed by atoms with Crippen molar-refractivity contribution in [3.8, 4) is 6.07 Å². The molecule has 1 aliphatic rings. The zero-order valence-corrected chi connectivity index (χ0v) is 12.8. The molecule has 0 saturated carbocycles. The van der Waals surface area contributed by atoms with Crippen LogP contribution in [0.2, 0.25) is 5.02 Å². The standard InChI is InChI=1S/C14H17ClN4O2/c1-14(2,10-16)18-7-5-17(6-8-18)13-4-3-11(19(20)21)9-12(13)15/h3-4,9H,5-8H2,1-2H3. The second kappa shape index (κ2) is 5.88. The Hall–Kier alpha value is -1.84. The maximum Gasteiger partial charge on any atom is 0.271 e. The van der Waals surface area contributed by atoms with E-state index in [0.717, 1.165) is 31.9 Å². The van der Waals surface area contributed by atoms with Crippen LogP contribution in [-0.4, -0.2) is 41.5 Å². The summed E-state index contributed by atoms with van der Waals surface area (Å²) in [6.45, 7) is 6.80. The van der Waals surface area contributed by atoms with Gasteiger partial charge in [-0.1, -0.05) is 11.6 Å². The Bertz CT molecular complexity index is 589. The summed E-state index contributed by atoms with van der Waals surface area (Å²) in [7, 11) is 0. The number of nitro benzene ring substituents is 1. The van der Waals surface area contributed by atoms with Crippen LogP contribution >= 0.6 is 11.6 Å². The van der Waals surface area contributed by atoms with E-state index in [2.05, 4.69) is 15.9 Å². The molecule has 0 spiro atoms. The van der Waals surface area contributed by atoms with Crippen LogP contribution in [0.5, 0.6) is 0 Å². The number of halogens is 1. The van der Waals surface area contributed by atoms with Crippen LogP contribution in [0.3, 0.4) is 0 Å². The third-order valence-electron chi connectivity index (χ3n) is 3.83. The van der Waals surface area contributed by atoms with Gasteiger partial charge in [-0.05, 0) is 19.9 Å². The van der Waals surface area contributed by atoms with Crippen molar-refractivity contribution in [2.24, 2.45) is 0 Å². The average molecular weight is 309 g/mol. The van der Waals surface area contributed by atoms with Crippen molar-refractivity contribution in [3.63, 3.8) is 0 Å². The number of benzene rings is 1. The van der Waals surface area contributed by atoms with E-state index in [-0.39, 0.29) is 5.69 Å². The Balaban J connectivity index is 2.10.